The summed E-state index contributed by atoms with van der Waals surface area (Å²) in [4.78, 5) is 51.2. The molecule has 1 saturated carbocycles. The van der Waals surface area contributed by atoms with Gasteiger partial charge < -0.3 is 21.7 Å². The van der Waals surface area contributed by atoms with Crippen molar-refractivity contribution in [1.29, 1.82) is 0 Å². The lowest BCUT2D eigenvalue weighted by molar-refractivity contribution is -0.120. The van der Waals surface area contributed by atoms with Crippen molar-refractivity contribution in [3.63, 3.8) is 0 Å². The van der Waals surface area contributed by atoms with E-state index in [1.54, 1.807) is 5.38 Å². The van der Waals surface area contributed by atoms with Gasteiger partial charge in [0, 0.05) is 35.6 Å². The minimum absolute atomic E-state index is 0.0951. The Hall–Kier alpha value is -2.96. The number of hydrogen-bond acceptors (Lipinski definition) is 9. The van der Waals surface area contributed by atoms with Crippen molar-refractivity contribution in [3.05, 3.63) is 32.6 Å². The van der Waals surface area contributed by atoms with Gasteiger partial charge in [0.05, 0.1) is 24.1 Å². The van der Waals surface area contributed by atoms with Crippen LogP contribution in [-0.4, -0.2) is 58.1 Å². The van der Waals surface area contributed by atoms with E-state index in [9.17, 15) is 14.4 Å². The number of thiazole rings is 2. The molecule has 3 aliphatic rings. The molecule has 1 aliphatic carbocycles. The van der Waals surface area contributed by atoms with E-state index in [1.807, 2.05) is 12.3 Å². The van der Waals surface area contributed by atoms with Crippen LogP contribution in [0.5, 0.6) is 0 Å². The van der Waals surface area contributed by atoms with E-state index in [0.717, 1.165) is 42.0 Å². The molecule has 10 nitrogen and oxygen atoms in total. The fraction of sp³-hybridized carbons (Fsp3) is 0.478. The summed E-state index contributed by atoms with van der Waals surface area (Å²) >= 11 is 2.76. The van der Waals surface area contributed by atoms with Gasteiger partial charge in [0.2, 0.25) is 5.91 Å². The molecule has 35 heavy (non-hydrogen) atoms. The molecular formula is C23H27N7O3S2. The highest BCUT2D eigenvalue weighted by molar-refractivity contribution is 7.14. The molecule has 2 aromatic rings. The predicted molar refractivity (Wildman–Crippen MR) is 134 cm³/mol. The Labute approximate surface area is 210 Å². The quantitative estimate of drug-likeness (QED) is 0.399. The number of nitrogens with one attached hydrogen (secondary N) is 3. The molecule has 4 heterocycles. The molecule has 5 rings (SSSR count). The van der Waals surface area contributed by atoms with Crippen LogP contribution in [0.3, 0.4) is 0 Å². The molecule has 0 bridgehead atoms. The molecule has 1 atom stereocenters. The van der Waals surface area contributed by atoms with Gasteiger partial charge in [-0.1, -0.05) is 0 Å². The summed E-state index contributed by atoms with van der Waals surface area (Å²) < 4.78 is 0. The topological polar surface area (TPSA) is 151 Å². The Morgan fingerprint density at radius 2 is 2.06 bits per heavy atom. The number of rotatable bonds is 9. The highest BCUT2D eigenvalue weighted by Crippen LogP contribution is 2.49. The van der Waals surface area contributed by atoms with E-state index in [2.05, 4.69) is 30.9 Å². The third-order valence-electron chi connectivity index (χ3n) is 6.38. The van der Waals surface area contributed by atoms with Crippen LogP contribution in [0.25, 0.3) is 10.7 Å². The third-order valence-corrected chi connectivity index (χ3v) is 8.10. The first kappa shape index (κ1) is 23.8. The monoisotopic (exact) mass is 513 g/mol. The van der Waals surface area contributed by atoms with E-state index in [4.69, 9.17) is 5.73 Å². The van der Waals surface area contributed by atoms with Crippen molar-refractivity contribution in [2.24, 2.45) is 10.7 Å². The van der Waals surface area contributed by atoms with Gasteiger partial charge in [-0.3, -0.25) is 19.4 Å². The maximum Gasteiger partial charge on any atom is 0.270 e. The number of carbonyl (C=O) groups is 3. The van der Waals surface area contributed by atoms with Crippen LogP contribution < -0.4 is 21.7 Å². The van der Waals surface area contributed by atoms with Crippen molar-refractivity contribution < 1.29 is 14.4 Å². The second kappa shape index (κ2) is 9.59. The van der Waals surface area contributed by atoms with Crippen LogP contribution in [0.1, 0.15) is 54.5 Å². The first-order chi connectivity index (χ1) is 16.9. The van der Waals surface area contributed by atoms with Crippen LogP contribution in [0.15, 0.2) is 26.9 Å². The summed E-state index contributed by atoms with van der Waals surface area (Å²) in [5.41, 5.74) is 8.42. The zero-order valence-corrected chi connectivity index (χ0v) is 21.0. The molecule has 2 aliphatic heterocycles. The highest BCUT2D eigenvalue weighted by atomic mass is 32.1. The fourth-order valence-corrected chi connectivity index (χ4v) is 5.99. The van der Waals surface area contributed by atoms with Crippen LogP contribution in [0.2, 0.25) is 0 Å². The molecule has 0 aromatic carbocycles. The lowest BCUT2D eigenvalue weighted by atomic mass is 9.95. The van der Waals surface area contributed by atoms with Crippen molar-refractivity contribution in [1.82, 2.24) is 25.9 Å². The van der Waals surface area contributed by atoms with Gasteiger partial charge >= 0.3 is 0 Å². The van der Waals surface area contributed by atoms with Crippen molar-refractivity contribution in [2.45, 2.75) is 57.2 Å². The van der Waals surface area contributed by atoms with E-state index in [0.29, 0.717) is 35.1 Å². The van der Waals surface area contributed by atoms with Crippen LogP contribution in [-0.2, 0) is 16.1 Å². The Morgan fingerprint density at radius 3 is 2.77 bits per heavy atom. The zero-order valence-electron chi connectivity index (χ0n) is 19.3. The van der Waals surface area contributed by atoms with Gasteiger partial charge in [-0.25, -0.2) is 9.97 Å². The van der Waals surface area contributed by atoms with E-state index >= 15 is 0 Å². The minimum atomic E-state index is -0.356. The Kier molecular flexibility index (Phi) is 6.51. The van der Waals surface area contributed by atoms with Crippen LogP contribution in [0, 0.1) is 0 Å². The number of nitrogens with two attached hydrogens (primary N) is 1. The zero-order chi connectivity index (χ0) is 24.6. The maximum atomic E-state index is 12.8. The molecule has 5 N–H and O–H groups in total. The average Bonchev–Trinajstić information content (AvgIpc) is 3.25. The number of aromatic nitrogens is 2. The summed E-state index contributed by atoms with van der Waals surface area (Å²) in [6.45, 7) is 3.09. The van der Waals surface area contributed by atoms with Crippen LogP contribution >= 0.6 is 22.7 Å². The first-order valence-electron chi connectivity index (χ1n) is 11.7. The van der Waals surface area contributed by atoms with Gasteiger partial charge in [0.15, 0.2) is 0 Å². The van der Waals surface area contributed by atoms with Gasteiger partial charge in [0.1, 0.15) is 21.4 Å². The van der Waals surface area contributed by atoms with Crippen LogP contribution in [0.4, 0.5) is 0 Å². The molecule has 1 spiro atoms. The number of nitrogens with zero attached hydrogens (tertiary/aromatic N) is 3. The lowest BCUT2D eigenvalue weighted by Crippen LogP contribution is -2.32. The average molecular weight is 514 g/mol. The Bertz CT molecular complexity index is 1240. The molecule has 1 fully saturated rings. The molecule has 2 aromatic heterocycles. The van der Waals surface area contributed by atoms with Gasteiger partial charge in [-0.2, -0.15) is 0 Å². The smallest absolute Gasteiger partial charge is 0.270 e. The van der Waals surface area contributed by atoms with E-state index < -0.39 is 0 Å². The number of aliphatic imine (C=N–C) groups is 1. The van der Waals surface area contributed by atoms with Gasteiger partial charge in [-0.05, 0) is 38.2 Å². The summed E-state index contributed by atoms with van der Waals surface area (Å²) in [7, 11) is 0. The van der Waals surface area contributed by atoms with Gasteiger partial charge in [0.25, 0.3) is 11.8 Å². The SMILES string of the molecule is C[C@H]1CCC(C2=C(CC(=O)NCc3nc(-c4nc(C(=O)NCCN)cs4)cs3)C3(CC3)NC2=O)=N1. The van der Waals surface area contributed by atoms with E-state index in [1.165, 1.54) is 22.7 Å². The summed E-state index contributed by atoms with van der Waals surface area (Å²) in [5.74, 6) is -0.500. The predicted octanol–water partition coefficient (Wildman–Crippen LogP) is 1.54. The number of hydrogen-bond donors (Lipinski definition) is 4. The second-order valence-electron chi connectivity index (χ2n) is 9.02. The summed E-state index contributed by atoms with van der Waals surface area (Å²) in [6.07, 6.45) is 3.62. The van der Waals surface area contributed by atoms with Gasteiger partial charge in [-0.15, -0.1) is 22.7 Å². The molecule has 0 radical (unpaired) electrons. The molecule has 12 heteroatoms. The molecular weight excluding hydrogens is 486 g/mol. The normalized spacial score (nSPS) is 20.2. The largest absolute Gasteiger partial charge is 0.349 e. The van der Waals surface area contributed by atoms with Crippen molar-refractivity contribution >= 4 is 46.1 Å². The third kappa shape index (κ3) is 4.91. The summed E-state index contributed by atoms with van der Waals surface area (Å²) in [6, 6.07) is 0.212. The fourth-order valence-electron chi connectivity index (χ4n) is 4.44. The molecule has 0 saturated heterocycles. The number of carbonyl (C=O) groups excluding carboxylic acids is 3. The first-order valence-corrected chi connectivity index (χ1v) is 13.4. The van der Waals surface area contributed by atoms with Crippen molar-refractivity contribution in [2.75, 3.05) is 13.1 Å². The standard InChI is InChI=1S/C23H27N7O3S2/c1-12-2-3-14(27-12)19-13(23(4-5-23)30-21(19)33)8-17(31)26-9-18-28-16(11-34-18)22-29-15(10-35-22)20(32)25-7-6-24/h10-12H,2-9,24H2,1H3,(H,25,32)(H,26,31)(H,30,33)/t12-/m0/s1. The Balaban J connectivity index is 1.22. The molecule has 3 amide bonds. The highest BCUT2D eigenvalue weighted by Gasteiger charge is 2.54. The molecule has 184 valence electrons. The van der Waals surface area contributed by atoms with E-state index in [-0.39, 0.29) is 42.3 Å². The molecule has 0 unspecified atom stereocenters. The van der Waals surface area contributed by atoms with Crippen molar-refractivity contribution in [3.8, 4) is 10.7 Å². The Morgan fingerprint density at radius 1 is 1.23 bits per heavy atom. The summed E-state index contributed by atoms with van der Waals surface area (Å²) in [5, 5.41) is 13.7. The lowest BCUT2D eigenvalue weighted by Gasteiger charge is -2.13. The number of amides is 3. The second-order valence-corrected chi connectivity index (χ2v) is 10.8. The minimum Gasteiger partial charge on any atom is -0.349 e. The maximum absolute atomic E-state index is 12.8.